The summed E-state index contributed by atoms with van der Waals surface area (Å²) in [5.41, 5.74) is 0.810. The molecule has 0 unspecified atom stereocenters. The van der Waals surface area contributed by atoms with E-state index in [9.17, 15) is 14.9 Å². The number of hydrogen-bond acceptors (Lipinski definition) is 3. The lowest BCUT2D eigenvalue weighted by Crippen LogP contribution is -2.14. The maximum atomic E-state index is 12.2. The Kier molecular flexibility index (Phi) is 4.77. The number of rotatable bonds is 4. The highest BCUT2D eigenvalue weighted by molar-refractivity contribution is 6.35. The topological polar surface area (TPSA) is 72.2 Å². The summed E-state index contributed by atoms with van der Waals surface area (Å²) in [7, 11) is 0. The predicted molar refractivity (Wildman–Crippen MR) is 82.1 cm³/mol. The van der Waals surface area contributed by atoms with Crippen LogP contribution in [0.25, 0.3) is 0 Å². The van der Waals surface area contributed by atoms with Crippen LogP contribution in [-0.2, 0) is 5.88 Å². The molecule has 0 saturated heterocycles. The van der Waals surface area contributed by atoms with Crippen molar-refractivity contribution in [3.05, 3.63) is 68.7 Å². The number of carbonyl (C=O) groups is 1. The van der Waals surface area contributed by atoms with Crippen LogP contribution in [0.3, 0.4) is 0 Å². The number of alkyl halides is 1. The Balaban J connectivity index is 2.34. The third-order valence-corrected chi connectivity index (χ3v) is 3.38. The Labute approximate surface area is 130 Å². The summed E-state index contributed by atoms with van der Waals surface area (Å²) in [5, 5.41) is 13.6. The van der Waals surface area contributed by atoms with E-state index in [-0.39, 0.29) is 16.3 Å². The van der Waals surface area contributed by atoms with Crippen LogP contribution in [0, 0.1) is 10.1 Å². The summed E-state index contributed by atoms with van der Waals surface area (Å²) >= 11 is 11.6. The van der Waals surface area contributed by atoms with E-state index in [0.29, 0.717) is 11.6 Å². The summed E-state index contributed by atoms with van der Waals surface area (Å²) < 4.78 is 0. The molecule has 0 aliphatic rings. The summed E-state index contributed by atoms with van der Waals surface area (Å²) in [6.07, 6.45) is 0. The fourth-order valence-electron chi connectivity index (χ4n) is 1.82. The fraction of sp³-hybridized carbons (Fsp3) is 0.0714. The van der Waals surface area contributed by atoms with Crippen LogP contribution >= 0.6 is 23.2 Å². The van der Waals surface area contributed by atoms with Crippen molar-refractivity contribution in [2.45, 2.75) is 5.88 Å². The molecule has 108 valence electrons. The van der Waals surface area contributed by atoms with E-state index in [2.05, 4.69) is 5.32 Å². The number of amides is 1. The van der Waals surface area contributed by atoms with Crippen molar-refractivity contribution >= 4 is 40.5 Å². The molecule has 0 heterocycles. The normalized spacial score (nSPS) is 10.2. The van der Waals surface area contributed by atoms with Crippen molar-refractivity contribution in [3.8, 4) is 0 Å². The van der Waals surface area contributed by atoms with Gasteiger partial charge in [0.2, 0.25) is 0 Å². The predicted octanol–water partition coefficient (Wildman–Crippen LogP) is 4.24. The molecular weight excluding hydrogens is 315 g/mol. The number of halogens is 2. The summed E-state index contributed by atoms with van der Waals surface area (Å²) in [6.45, 7) is 0. The summed E-state index contributed by atoms with van der Waals surface area (Å²) in [6, 6.07) is 11.0. The standard InChI is InChI=1S/C14H10Cl2N2O3/c15-8-9-3-1-4-10(7-9)17-14(19)13-11(16)5-2-6-12(13)18(20)21/h1-7H,8H2,(H,17,19). The van der Waals surface area contributed by atoms with Gasteiger partial charge in [-0.25, -0.2) is 0 Å². The van der Waals surface area contributed by atoms with E-state index >= 15 is 0 Å². The van der Waals surface area contributed by atoms with Gasteiger partial charge in [-0.1, -0.05) is 29.8 Å². The lowest BCUT2D eigenvalue weighted by molar-refractivity contribution is -0.385. The third-order valence-electron chi connectivity index (χ3n) is 2.75. The second-order valence-corrected chi connectivity index (χ2v) is 4.85. The second kappa shape index (κ2) is 6.56. The van der Waals surface area contributed by atoms with E-state index in [1.165, 1.54) is 18.2 Å². The van der Waals surface area contributed by atoms with Gasteiger partial charge in [0.1, 0.15) is 5.56 Å². The van der Waals surface area contributed by atoms with Crippen molar-refractivity contribution < 1.29 is 9.72 Å². The maximum absolute atomic E-state index is 12.2. The van der Waals surface area contributed by atoms with Crippen LogP contribution in [0.2, 0.25) is 5.02 Å². The Hall–Kier alpha value is -2.11. The Morgan fingerprint density at radius 1 is 1.24 bits per heavy atom. The van der Waals surface area contributed by atoms with Gasteiger partial charge >= 0.3 is 0 Å². The van der Waals surface area contributed by atoms with Gasteiger partial charge in [-0.05, 0) is 23.8 Å². The first kappa shape index (κ1) is 15.3. The number of carbonyl (C=O) groups excluding carboxylic acids is 1. The molecule has 0 radical (unpaired) electrons. The highest BCUT2D eigenvalue weighted by atomic mass is 35.5. The minimum atomic E-state index is -0.643. The third kappa shape index (κ3) is 3.51. The van der Waals surface area contributed by atoms with Gasteiger partial charge in [-0.3, -0.25) is 14.9 Å². The van der Waals surface area contributed by atoms with Gasteiger partial charge in [0, 0.05) is 17.6 Å². The van der Waals surface area contributed by atoms with E-state index < -0.39 is 10.8 Å². The summed E-state index contributed by atoms with van der Waals surface area (Å²) in [5.74, 6) is -0.338. The molecule has 0 aliphatic carbocycles. The molecule has 0 aromatic heterocycles. The van der Waals surface area contributed by atoms with E-state index in [1.807, 2.05) is 0 Å². The zero-order valence-electron chi connectivity index (χ0n) is 10.7. The second-order valence-electron chi connectivity index (χ2n) is 4.18. The molecule has 21 heavy (non-hydrogen) atoms. The smallest absolute Gasteiger partial charge is 0.283 e. The Morgan fingerprint density at radius 2 is 1.95 bits per heavy atom. The zero-order valence-corrected chi connectivity index (χ0v) is 12.2. The quantitative estimate of drug-likeness (QED) is 0.519. The summed E-state index contributed by atoms with van der Waals surface area (Å²) in [4.78, 5) is 22.6. The van der Waals surface area contributed by atoms with Crippen molar-refractivity contribution in [1.82, 2.24) is 0 Å². The Bertz CT molecular complexity index is 704. The Morgan fingerprint density at radius 3 is 2.62 bits per heavy atom. The molecule has 2 aromatic rings. The van der Waals surface area contributed by atoms with Crippen LogP contribution in [-0.4, -0.2) is 10.8 Å². The number of anilines is 1. The van der Waals surface area contributed by atoms with Gasteiger partial charge in [-0.15, -0.1) is 11.6 Å². The zero-order chi connectivity index (χ0) is 15.4. The molecule has 0 bridgehead atoms. The van der Waals surface area contributed by atoms with Crippen LogP contribution in [0.15, 0.2) is 42.5 Å². The average Bonchev–Trinajstić information content (AvgIpc) is 2.46. The highest BCUT2D eigenvalue weighted by Gasteiger charge is 2.23. The minimum Gasteiger partial charge on any atom is -0.322 e. The molecule has 5 nitrogen and oxygen atoms in total. The van der Waals surface area contributed by atoms with Crippen molar-refractivity contribution in [1.29, 1.82) is 0 Å². The molecule has 0 fully saturated rings. The van der Waals surface area contributed by atoms with Gasteiger partial charge in [0.15, 0.2) is 0 Å². The van der Waals surface area contributed by atoms with Crippen LogP contribution < -0.4 is 5.32 Å². The first-order valence-corrected chi connectivity index (χ1v) is 6.83. The molecular formula is C14H10Cl2N2O3. The van der Waals surface area contributed by atoms with Crippen molar-refractivity contribution in [2.75, 3.05) is 5.32 Å². The monoisotopic (exact) mass is 324 g/mol. The van der Waals surface area contributed by atoms with Gasteiger partial charge in [0.25, 0.3) is 11.6 Å². The minimum absolute atomic E-state index is 0.0233. The molecule has 0 spiro atoms. The number of nitro groups is 1. The SMILES string of the molecule is O=C(Nc1cccc(CCl)c1)c1c(Cl)cccc1[N+](=O)[O-]. The number of nitrogens with one attached hydrogen (secondary N) is 1. The van der Waals surface area contributed by atoms with Crippen molar-refractivity contribution in [3.63, 3.8) is 0 Å². The van der Waals surface area contributed by atoms with Crippen LogP contribution in [0.1, 0.15) is 15.9 Å². The van der Waals surface area contributed by atoms with Gasteiger partial charge < -0.3 is 5.32 Å². The van der Waals surface area contributed by atoms with Crippen LogP contribution in [0.5, 0.6) is 0 Å². The molecule has 2 aromatic carbocycles. The lowest BCUT2D eigenvalue weighted by atomic mass is 10.1. The number of hydrogen-bond donors (Lipinski definition) is 1. The fourth-order valence-corrected chi connectivity index (χ4v) is 2.24. The largest absolute Gasteiger partial charge is 0.322 e. The average molecular weight is 325 g/mol. The van der Waals surface area contributed by atoms with E-state index in [0.717, 1.165) is 5.56 Å². The molecule has 0 saturated carbocycles. The molecule has 7 heteroatoms. The molecule has 1 amide bonds. The van der Waals surface area contributed by atoms with Gasteiger partial charge in [0.05, 0.1) is 9.95 Å². The lowest BCUT2D eigenvalue weighted by Gasteiger charge is -2.08. The molecule has 0 aliphatic heterocycles. The molecule has 1 N–H and O–H groups in total. The maximum Gasteiger partial charge on any atom is 0.283 e. The number of benzene rings is 2. The molecule has 0 atom stereocenters. The van der Waals surface area contributed by atoms with Crippen LogP contribution in [0.4, 0.5) is 11.4 Å². The van der Waals surface area contributed by atoms with Crippen molar-refractivity contribution in [2.24, 2.45) is 0 Å². The number of nitro benzene ring substituents is 1. The highest BCUT2D eigenvalue weighted by Crippen LogP contribution is 2.27. The first-order valence-electron chi connectivity index (χ1n) is 5.92. The van der Waals surface area contributed by atoms with E-state index in [1.54, 1.807) is 24.3 Å². The first-order chi connectivity index (χ1) is 10.0. The van der Waals surface area contributed by atoms with Gasteiger partial charge in [-0.2, -0.15) is 0 Å². The number of nitrogens with zero attached hydrogens (tertiary/aromatic N) is 1. The van der Waals surface area contributed by atoms with E-state index in [4.69, 9.17) is 23.2 Å². The molecule has 2 rings (SSSR count).